The Kier molecular flexibility index (Phi) is 5.16. The van der Waals surface area contributed by atoms with E-state index in [9.17, 15) is 18.0 Å². The highest BCUT2D eigenvalue weighted by Crippen LogP contribution is 2.21. The van der Waals surface area contributed by atoms with E-state index >= 15 is 0 Å². The van der Waals surface area contributed by atoms with E-state index in [1.165, 1.54) is 28.4 Å². The molecular formula is C14H18N4O5S2. The lowest BCUT2D eigenvalue weighted by molar-refractivity contribution is 0.0600. The number of carbonyl (C=O) groups excluding carboxylic acids is 1. The quantitative estimate of drug-likeness (QED) is 0.710. The SMILES string of the molecule is COC(=O)c1cn(CCS(=O)(=O)N2CCSCC2)cc2c(=O)[nH]nc1-2. The van der Waals surface area contributed by atoms with Gasteiger partial charge in [0.2, 0.25) is 10.0 Å². The van der Waals surface area contributed by atoms with Crippen LogP contribution in [0.3, 0.4) is 0 Å². The largest absolute Gasteiger partial charge is 0.465 e. The van der Waals surface area contributed by atoms with Crippen molar-refractivity contribution in [3.05, 3.63) is 28.3 Å². The third-order valence-corrected chi connectivity index (χ3v) is 6.78. The Balaban J connectivity index is 1.86. The normalized spacial score (nSPS) is 16.2. The zero-order valence-electron chi connectivity index (χ0n) is 13.6. The number of thioether (sulfide) groups is 1. The number of nitrogens with zero attached hydrogens (tertiary/aromatic N) is 3. The number of fused-ring (bicyclic) bond motifs is 1. The molecule has 0 aromatic rings. The summed E-state index contributed by atoms with van der Waals surface area (Å²) in [5.74, 6) is 0.834. The van der Waals surface area contributed by atoms with E-state index in [-0.39, 0.29) is 29.1 Å². The van der Waals surface area contributed by atoms with Gasteiger partial charge in [-0.1, -0.05) is 0 Å². The molecule has 9 nitrogen and oxygen atoms in total. The predicted molar refractivity (Wildman–Crippen MR) is 93.5 cm³/mol. The molecule has 0 spiro atoms. The summed E-state index contributed by atoms with van der Waals surface area (Å²) in [6.07, 6.45) is 2.95. The number of rotatable bonds is 5. The van der Waals surface area contributed by atoms with Gasteiger partial charge in [0.15, 0.2) is 0 Å². The zero-order valence-corrected chi connectivity index (χ0v) is 15.2. The molecule has 0 amide bonds. The first-order valence-corrected chi connectivity index (χ1v) is 10.4. The topological polar surface area (TPSA) is 114 Å². The molecule has 1 fully saturated rings. The summed E-state index contributed by atoms with van der Waals surface area (Å²) in [7, 11) is -2.16. The smallest absolute Gasteiger partial charge is 0.341 e. The van der Waals surface area contributed by atoms with Gasteiger partial charge in [0, 0.05) is 43.5 Å². The maximum Gasteiger partial charge on any atom is 0.341 e. The third kappa shape index (κ3) is 3.72. The van der Waals surface area contributed by atoms with Crippen LogP contribution in [-0.4, -0.2) is 70.9 Å². The number of hydrogen-bond acceptors (Lipinski definition) is 7. The van der Waals surface area contributed by atoms with Gasteiger partial charge < -0.3 is 9.30 Å². The second-order valence-corrected chi connectivity index (χ2v) is 8.86. The first kappa shape index (κ1) is 18.0. The molecule has 0 radical (unpaired) electrons. The lowest BCUT2D eigenvalue weighted by Gasteiger charge is -2.25. The number of hydrogen-bond donors (Lipinski definition) is 1. The molecule has 0 aromatic heterocycles. The number of aromatic nitrogens is 3. The molecule has 1 saturated heterocycles. The Labute approximate surface area is 148 Å². The van der Waals surface area contributed by atoms with Crippen molar-refractivity contribution in [3.8, 4) is 11.3 Å². The number of methoxy groups -OCH3 is 1. The van der Waals surface area contributed by atoms with Crippen LogP contribution in [0.1, 0.15) is 10.4 Å². The molecule has 3 heterocycles. The fourth-order valence-electron chi connectivity index (χ4n) is 2.65. The van der Waals surface area contributed by atoms with Crippen molar-refractivity contribution in [2.45, 2.75) is 6.54 Å². The number of H-pyrrole nitrogens is 1. The molecule has 136 valence electrons. The van der Waals surface area contributed by atoms with Gasteiger partial charge in [0.1, 0.15) is 11.3 Å². The van der Waals surface area contributed by atoms with Crippen molar-refractivity contribution < 1.29 is 17.9 Å². The Hall–Kier alpha value is -1.85. The number of aromatic amines is 1. The highest BCUT2D eigenvalue weighted by atomic mass is 32.2. The molecule has 0 aliphatic carbocycles. The minimum Gasteiger partial charge on any atom is -0.465 e. The van der Waals surface area contributed by atoms with Crippen LogP contribution >= 0.6 is 11.8 Å². The fourth-order valence-corrected chi connectivity index (χ4v) is 5.23. The fraction of sp³-hybridized carbons (Fsp3) is 0.500. The van der Waals surface area contributed by atoms with E-state index in [1.54, 1.807) is 11.8 Å². The highest BCUT2D eigenvalue weighted by molar-refractivity contribution is 7.99. The Morgan fingerprint density at radius 3 is 2.76 bits per heavy atom. The van der Waals surface area contributed by atoms with Crippen molar-refractivity contribution in [2.24, 2.45) is 0 Å². The summed E-state index contributed by atoms with van der Waals surface area (Å²) in [6, 6.07) is 0. The van der Waals surface area contributed by atoms with Gasteiger partial charge in [0.05, 0.1) is 18.4 Å². The van der Waals surface area contributed by atoms with Crippen molar-refractivity contribution in [2.75, 3.05) is 37.5 Å². The molecule has 0 saturated carbocycles. The summed E-state index contributed by atoms with van der Waals surface area (Å²) in [6.45, 7) is 1.14. The molecule has 0 aromatic carbocycles. The van der Waals surface area contributed by atoms with Crippen LogP contribution in [0.2, 0.25) is 0 Å². The maximum absolute atomic E-state index is 12.4. The number of aryl methyl sites for hydroxylation is 1. The van der Waals surface area contributed by atoms with Gasteiger partial charge in [0.25, 0.3) is 5.56 Å². The number of carbonyl (C=O) groups is 1. The second kappa shape index (κ2) is 7.18. The molecule has 0 atom stereocenters. The van der Waals surface area contributed by atoms with Gasteiger partial charge in [-0.15, -0.1) is 0 Å². The molecule has 0 unspecified atom stereocenters. The molecule has 25 heavy (non-hydrogen) atoms. The highest BCUT2D eigenvalue weighted by Gasteiger charge is 2.25. The summed E-state index contributed by atoms with van der Waals surface area (Å²) in [4.78, 5) is 23.7. The van der Waals surface area contributed by atoms with Gasteiger partial charge in [-0.3, -0.25) is 4.79 Å². The average Bonchev–Trinajstić information content (AvgIpc) is 3.00. The maximum atomic E-state index is 12.4. The third-order valence-electron chi connectivity index (χ3n) is 3.99. The average molecular weight is 386 g/mol. The molecular weight excluding hydrogens is 368 g/mol. The first-order chi connectivity index (χ1) is 11.9. The van der Waals surface area contributed by atoms with Crippen LogP contribution in [0.4, 0.5) is 0 Å². The number of ether oxygens (including phenoxy) is 1. The van der Waals surface area contributed by atoms with E-state index in [2.05, 4.69) is 10.2 Å². The van der Waals surface area contributed by atoms with Gasteiger partial charge in [-0.2, -0.15) is 16.9 Å². The lowest BCUT2D eigenvalue weighted by Crippen LogP contribution is -2.40. The van der Waals surface area contributed by atoms with Crippen LogP contribution in [-0.2, 0) is 21.3 Å². The second-order valence-electron chi connectivity index (χ2n) is 5.54. The summed E-state index contributed by atoms with van der Waals surface area (Å²) in [5.41, 5.74) is 0.106. The van der Waals surface area contributed by atoms with Crippen molar-refractivity contribution >= 4 is 27.8 Å². The zero-order chi connectivity index (χ0) is 18.0. The van der Waals surface area contributed by atoms with Crippen LogP contribution in [0.25, 0.3) is 11.3 Å². The number of nitrogens with one attached hydrogen (secondary N) is 1. The van der Waals surface area contributed by atoms with Gasteiger partial charge >= 0.3 is 5.97 Å². The van der Waals surface area contributed by atoms with Crippen LogP contribution in [0.5, 0.6) is 0 Å². The first-order valence-electron chi connectivity index (χ1n) is 7.64. The summed E-state index contributed by atoms with van der Waals surface area (Å²) >= 11 is 1.73. The van der Waals surface area contributed by atoms with E-state index in [0.29, 0.717) is 13.1 Å². The van der Waals surface area contributed by atoms with Crippen LogP contribution in [0.15, 0.2) is 17.2 Å². The lowest BCUT2D eigenvalue weighted by atomic mass is 10.1. The van der Waals surface area contributed by atoms with Crippen LogP contribution < -0.4 is 5.56 Å². The molecule has 1 N–H and O–H groups in total. The van der Waals surface area contributed by atoms with Crippen molar-refractivity contribution in [1.82, 2.24) is 19.1 Å². The number of esters is 1. The number of pyridine rings is 1. The van der Waals surface area contributed by atoms with E-state index in [0.717, 1.165) is 11.5 Å². The molecule has 3 rings (SSSR count). The van der Waals surface area contributed by atoms with Crippen molar-refractivity contribution in [1.29, 1.82) is 0 Å². The number of sulfonamides is 1. The molecule has 3 aliphatic rings. The Morgan fingerprint density at radius 1 is 1.36 bits per heavy atom. The summed E-state index contributed by atoms with van der Waals surface area (Å²) < 4.78 is 32.6. The van der Waals surface area contributed by atoms with E-state index < -0.39 is 21.6 Å². The Bertz CT molecular complexity index is 898. The monoisotopic (exact) mass is 386 g/mol. The summed E-state index contributed by atoms with van der Waals surface area (Å²) in [5, 5.41) is 6.12. The molecule has 11 heteroatoms. The minimum absolute atomic E-state index is 0.111. The van der Waals surface area contributed by atoms with Gasteiger partial charge in [-0.25, -0.2) is 22.6 Å². The van der Waals surface area contributed by atoms with Crippen molar-refractivity contribution in [3.63, 3.8) is 0 Å². The standard InChI is InChI=1S/C14H18N4O5S2/c1-23-14(20)11-9-17(8-10-12(11)15-16-13(10)19)4-7-25(21,22)18-2-5-24-6-3-18/h8-9H,2-7H2,1H3,(H,16,19). The van der Waals surface area contributed by atoms with E-state index in [1.807, 2.05) is 0 Å². The molecule has 3 aliphatic heterocycles. The van der Waals surface area contributed by atoms with E-state index in [4.69, 9.17) is 4.74 Å². The van der Waals surface area contributed by atoms with Gasteiger partial charge in [-0.05, 0) is 0 Å². The molecule has 0 bridgehead atoms. The minimum atomic E-state index is -3.39. The Morgan fingerprint density at radius 2 is 2.08 bits per heavy atom. The predicted octanol–water partition coefficient (Wildman–Crippen LogP) is -0.159. The van der Waals surface area contributed by atoms with Crippen LogP contribution in [0, 0.1) is 0 Å².